The Morgan fingerprint density at radius 1 is 1.12 bits per heavy atom. The summed E-state index contributed by atoms with van der Waals surface area (Å²) in [6.07, 6.45) is -0.245. The molecule has 0 spiro atoms. The Bertz CT molecular complexity index is 770. The highest BCUT2D eigenvalue weighted by atomic mass is 19.2. The molecule has 2 aromatic carbocycles. The van der Waals surface area contributed by atoms with Gasteiger partial charge in [-0.05, 0) is 23.8 Å². The van der Waals surface area contributed by atoms with Gasteiger partial charge < -0.3 is 15.4 Å². The second-order valence-corrected chi connectivity index (χ2v) is 5.31. The van der Waals surface area contributed by atoms with Gasteiger partial charge in [-0.3, -0.25) is 9.59 Å². The smallest absolute Gasteiger partial charge is 0.261 e. The van der Waals surface area contributed by atoms with Crippen LogP contribution < -0.4 is 15.4 Å². The third-order valence-electron chi connectivity index (χ3n) is 3.57. The predicted molar refractivity (Wildman–Crippen MR) is 82.6 cm³/mol. The Hall–Kier alpha value is -2.96. The molecule has 1 atom stereocenters. The maximum Gasteiger partial charge on any atom is 0.261 e. The van der Waals surface area contributed by atoms with Gasteiger partial charge in [0.1, 0.15) is 5.75 Å². The van der Waals surface area contributed by atoms with E-state index in [0.29, 0.717) is 12.2 Å². The van der Waals surface area contributed by atoms with Crippen LogP contribution in [0, 0.1) is 11.6 Å². The van der Waals surface area contributed by atoms with Crippen LogP contribution in [0.2, 0.25) is 0 Å². The number of amides is 2. The number of para-hydroxylation sites is 1. The lowest BCUT2D eigenvalue weighted by Crippen LogP contribution is -2.41. The predicted octanol–water partition coefficient (Wildman–Crippen LogP) is 2.02. The van der Waals surface area contributed by atoms with Crippen molar-refractivity contribution in [3.8, 4) is 5.75 Å². The van der Waals surface area contributed by atoms with E-state index in [1.165, 1.54) is 6.07 Å². The van der Waals surface area contributed by atoms with E-state index in [4.69, 9.17) is 4.74 Å². The number of hydrogen-bond acceptors (Lipinski definition) is 3. The fraction of sp³-hybridized carbons (Fsp3) is 0.176. The van der Waals surface area contributed by atoms with E-state index < -0.39 is 29.6 Å². The number of carbonyl (C=O) groups is 2. The molecule has 1 unspecified atom stereocenters. The van der Waals surface area contributed by atoms with Crippen molar-refractivity contribution in [1.82, 2.24) is 5.32 Å². The van der Waals surface area contributed by atoms with Crippen LogP contribution in [-0.2, 0) is 16.0 Å². The first-order valence-electron chi connectivity index (χ1n) is 7.30. The maximum atomic E-state index is 13.1. The molecule has 2 N–H and O–H groups in total. The van der Waals surface area contributed by atoms with E-state index in [0.717, 1.165) is 17.7 Å². The number of rotatable bonds is 4. The molecule has 24 heavy (non-hydrogen) atoms. The molecule has 0 aromatic heterocycles. The summed E-state index contributed by atoms with van der Waals surface area (Å²) >= 11 is 0. The van der Waals surface area contributed by atoms with Crippen molar-refractivity contribution in [2.75, 3.05) is 11.9 Å². The zero-order valence-corrected chi connectivity index (χ0v) is 12.5. The number of halogens is 2. The first kappa shape index (κ1) is 15.9. The monoisotopic (exact) mass is 332 g/mol. The molecule has 0 fully saturated rings. The molecule has 2 amide bonds. The van der Waals surface area contributed by atoms with E-state index >= 15 is 0 Å². The zero-order valence-electron chi connectivity index (χ0n) is 12.5. The quantitative estimate of drug-likeness (QED) is 0.900. The highest BCUT2D eigenvalue weighted by molar-refractivity contribution is 5.95. The minimum atomic E-state index is -1.06. The Labute approximate surface area is 136 Å². The second kappa shape index (κ2) is 6.66. The molecule has 7 heteroatoms. The molecule has 124 valence electrons. The molecule has 0 radical (unpaired) electrons. The summed E-state index contributed by atoms with van der Waals surface area (Å²) in [7, 11) is 0. The summed E-state index contributed by atoms with van der Waals surface area (Å²) in [6, 6.07) is 10.3. The molecule has 3 rings (SSSR count). The molecular formula is C17H14F2N2O3. The fourth-order valence-corrected chi connectivity index (χ4v) is 2.39. The van der Waals surface area contributed by atoms with Crippen LogP contribution in [0.4, 0.5) is 14.5 Å². The van der Waals surface area contributed by atoms with Crippen molar-refractivity contribution in [2.45, 2.75) is 12.5 Å². The average molecular weight is 332 g/mol. The number of hydrogen-bond donors (Lipinski definition) is 2. The summed E-state index contributed by atoms with van der Waals surface area (Å²) < 4.78 is 31.4. The van der Waals surface area contributed by atoms with Crippen molar-refractivity contribution in [1.29, 1.82) is 0 Å². The van der Waals surface area contributed by atoms with Crippen molar-refractivity contribution >= 4 is 17.5 Å². The molecule has 1 aliphatic heterocycles. The minimum Gasteiger partial charge on any atom is -0.480 e. The molecule has 1 heterocycles. The lowest BCUT2D eigenvalue weighted by Gasteiger charge is -2.11. The van der Waals surface area contributed by atoms with Crippen LogP contribution in [0.5, 0.6) is 5.75 Å². The highest BCUT2D eigenvalue weighted by Gasteiger charge is 2.28. The van der Waals surface area contributed by atoms with Gasteiger partial charge in [0.15, 0.2) is 17.7 Å². The topological polar surface area (TPSA) is 67.4 Å². The second-order valence-electron chi connectivity index (χ2n) is 5.31. The van der Waals surface area contributed by atoms with Gasteiger partial charge >= 0.3 is 0 Å². The number of ether oxygens (including phenoxy) is 1. The Morgan fingerprint density at radius 3 is 2.67 bits per heavy atom. The molecule has 0 aliphatic carbocycles. The Balaban J connectivity index is 1.50. The van der Waals surface area contributed by atoms with Crippen molar-refractivity contribution < 1.29 is 23.1 Å². The summed E-state index contributed by atoms with van der Waals surface area (Å²) in [6.45, 7) is -0.298. The number of benzene rings is 2. The van der Waals surface area contributed by atoms with Gasteiger partial charge in [0.25, 0.3) is 5.91 Å². The standard InChI is InChI=1S/C17H14F2N2O3/c18-12-6-5-11(8-13(12)19)21-16(22)9-20-17(23)15-7-10-3-1-2-4-14(10)24-15/h1-6,8,15H,7,9H2,(H,20,23)(H,21,22). The van der Waals surface area contributed by atoms with Crippen LogP contribution in [0.3, 0.4) is 0 Å². The molecule has 0 saturated heterocycles. The minimum absolute atomic E-state index is 0.109. The van der Waals surface area contributed by atoms with E-state index in [1.54, 1.807) is 6.07 Å². The number of nitrogens with one attached hydrogen (secondary N) is 2. The third-order valence-corrected chi connectivity index (χ3v) is 3.57. The third kappa shape index (κ3) is 3.51. The number of fused-ring (bicyclic) bond motifs is 1. The van der Waals surface area contributed by atoms with E-state index in [9.17, 15) is 18.4 Å². The molecule has 0 saturated carbocycles. The largest absolute Gasteiger partial charge is 0.480 e. The summed E-state index contributed by atoms with van der Waals surface area (Å²) in [5.74, 6) is -2.37. The molecule has 5 nitrogen and oxygen atoms in total. The maximum absolute atomic E-state index is 13.1. The normalized spacial score (nSPS) is 15.3. The van der Waals surface area contributed by atoms with Crippen molar-refractivity contribution in [3.05, 3.63) is 59.7 Å². The van der Waals surface area contributed by atoms with Gasteiger partial charge in [0.2, 0.25) is 5.91 Å². The molecule has 0 bridgehead atoms. The highest BCUT2D eigenvalue weighted by Crippen LogP contribution is 2.28. The summed E-state index contributed by atoms with van der Waals surface area (Å²) in [4.78, 5) is 23.8. The number of carbonyl (C=O) groups excluding carboxylic acids is 2. The van der Waals surface area contributed by atoms with Crippen LogP contribution in [-0.4, -0.2) is 24.5 Å². The van der Waals surface area contributed by atoms with Crippen molar-refractivity contribution in [3.63, 3.8) is 0 Å². The molecule has 1 aliphatic rings. The van der Waals surface area contributed by atoms with Crippen LogP contribution in [0.15, 0.2) is 42.5 Å². The molecule has 2 aromatic rings. The van der Waals surface area contributed by atoms with E-state index in [1.807, 2.05) is 18.2 Å². The average Bonchev–Trinajstić information content (AvgIpc) is 3.00. The lowest BCUT2D eigenvalue weighted by molar-refractivity contribution is -0.129. The molecular weight excluding hydrogens is 318 g/mol. The van der Waals surface area contributed by atoms with Crippen LogP contribution in [0.1, 0.15) is 5.56 Å². The van der Waals surface area contributed by atoms with Gasteiger partial charge in [0, 0.05) is 18.2 Å². The van der Waals surface area contributed by atoms with Crippen LogP contribution in [0.25, 0.3) is 0 Å². The zero-order chi connectivity index (χ0) is 17.1. The van der Waals surface area contributed by atoms with Gasteiger partial charge in [-0.2, -0.15) is 0 Å². The van der Waals surface area contributed by atoms with E-state index in [2.05, 4.69) is 10.6 Å². The van der Waals surface area contributed by atoms with E-state index in [-0.39, 0.29) is 12.2 Å². The summed E-state index contributed by atoms with van der Waals surface area (Å²) in [5, 5.41) is 4.83. The van der Waals surface area contributed by atoms with Gasteiger partial charge in [-0.25, -0.2) is 8.78 Å². The Morgan fingerprint density at radius 2 is 1.92 bits per heavy atom. The van der Waals surface area contributed by atoms with Crippen molar-refractivity contribution in [2.24, 2.45) is 0 Å². The van der Waals surface area contributed by atoms with Gasteiger partial charge in [0.05, 0.1) is 6.54 Å². The van der Waals surface area contributed by atoms with Gasteiger partial charge in [-0.1, -0.05) is 18.2 Å². The Kier molecular flexibility index (Phi) is 4.41. The van der Waals surface area contributed by atoms with Gasteiger partial charge in [-0.15, -0.1) is 0 Å². The fourth-order valence-electron chi connectivity index (χ4n) is 2.39. The van der Waals surface area contributed by atoms with Crippen LogP contribution >= 0.6 is 0 Å². The first-order valence-corrected chi connectivity index (χ1v) is 7.30. The SMILES string of the molecule is O=C(CNC(=O)C1Cc2ccccc2O1)Nc1ccc(F)c(F)c1. The number of anilines is 1. The summed E-state index contributed by atoms with van der Waals surface area (Å²) in [5.41, 5.74) is 1.04. The first-order chi connectivity index (χ1) is 11.5. The lowest BCUT2D eigenvalue weighted by atomic mass is 10.1.